The molecule has 30 heavy (non-hydrogen) atoms. The van der Waals surface area contributed by atoms with E-state index >= 15 is 0 Å². The third-order valence-electron chi connectivity index (χ3n) is 5.73. The molecule has 160 valence electrons. The Labute approximate surface area is 177 Å². The lowest BCUT2D eigenvalue weighted by Gasteiger charge is -2.15. The number of aryl methyl sites for hydroxylation is 2. The highest BCUT2D eigenvalue weighted by Crippen LogP contribution is 2.38. The van der Waals surface area contributed by atoms with Crippen molar-refractivity contribution in [3.8, 4) is 0 Å². The topological polar surface area (TPSA) is 87.8 Å². The summed E-state index contributed by atoms with van der Waals surface area (Å²) in [6, 6.07) is 5.75. The van der Waals surface area contributed by atoms with Crippen LogP contribution in [-0.2, 0) is 42.1 Å². The molecule has 0 saturated heterocycles. The van der Waals surface area contributed by atoms with Gasteiger partial charge in [-0.1, -0.05) is 12.1 Å². The van der Waals surface area contributed by atoms with E-state index in [1.807, 2.05) is 19.0 Å². The minimum absolute atomic E-state index is 0.260. The van der Waals surface area contributed by atoms with Gasteiger partial charge in [-0.15, -0.1) is 4.36 Å². The number of nitrogens with zero attached hydrogens (tertiary/aromatic N) is 2. The molecular formula is C22H27FN4O2S. The molecule has 4 rings (SSSR count). The van der Waals surface area contributed by atoms with Crippen molar-refractivity contribution in [1.29, 1.82) is 0 Å². The molecule has 1 atom stereocenters. The maximum absolute atomic E-state index is 14.6. The lowest BCUT2D eigenvalue weighted by molar-refractivity contribution is 0.260. The van der Waals surface area contributed by atoms with Crippen molar-refractivity contribution in [3.63, 3.8) is 0 Å². The number of nitrogens with two attached hydrogens (primary N) is 1. The summed E-state index contributed by atoms with van der Waals surface area (Å²) in [6.07, 6.45) is 5.91. The van der Waals surface area contributed by atoms with E-state index in [1.54, 1.807) is 6.07 Å². The molecule has 8 heteroatoms. The van der Waals surface area contributed by atoms with Gasteiger partial charge in [-0.3, -0.25) is 0 Å². The first-order valence-corrected chi connectivity index (χ1v) is 11.8. The third-order valence-corrected chi connectivity index (χ3v) is 7.13. The van der Waals surface area contributed by atoms with E-state index in [0.29, 0.717) is 6.54 Å². The van der Waals surface area contributed by atoms with Crippen LogP contribution in [-0.4, -0.2) is 29.2 Å². The van der Waals surface area contributed by atoms with Crippen molar-refractivity contribution < 1.29 is 13.4 Å². The van der Waals surface area contributed by atoms with Crippen molar-refractivity contribution in [3.05, 3.63) is 57.9 Å². The van der Waals surface area contributed by atoms with Gasteiger partial charge in [0.1, 0.15) is 15.7 Å². The number of hydrogen-bond acceptors (Lipinski definition) is 3. The Balaban J connectivity index is 1.63. The van der Waals surface area contributed by atoms with Crippen molar-refractivity contribution in [2.24, 2.45) is 9.50 Å². The fourth-order valence-corrected chi connectivity index (χ4v) is 5.51. The molecule has 0 unspecified atom stereocenters. The summed E-state index contributed by atoms with van der Waals surface area (Å²) in [7, 11) is 0.0301. The fraction of sp³-hybridized carbons (Fsp3) is 0.409. The monoisotopic (exact) mass is 430 g/mol. The molecule has 0 heterocycles. The van der Waals surface area contributed by atoms with Gasteiger partial charge < -0.3 is 10.2 Å². The normalized spacial score (nSPS) is 16.8. The van der Waals surface area contributed by atoms with E-state index in [2.05, 4.69) is 15.7 Å². The molecule has 2 aliphatic carbocycles. The van der Waals surface area contributed by atoms with Gasteiger partial charge >= 0.3 is 6.03 Å². The van der Waals surface area contributed by atoms with Crippen LogP contribution >= 0.6 is 0 Å². The van der Waals surface area contributed by atoms with Gasteiger partial charge in [0.2, 0.25) is 0 Å². The Kier molecular flexibility index (Phi) is 5.65. The maximum atomic E-state index is 14.6. The van der Waals surface area contributed by atoms with E-state index in [9.17, 15) is 13.4 Å². The number of rotatable bonds is 4. The molecular weight excluding hydrogens is 403 g/mol. The predicted molar refractivity (Wildman–Crippen MR) is 116 cm³/mol. The molecule has 2 aromatic rings. The van der Waals surface area contributed by atoms with Gasteiger partial charge in [-0.05, 0) is 92.6 Å². The Morgan fingerprint density at radius 3 is 2.33 bits per heavy atom. The van der Waals surface area contributed by atoms with E-state index < -0.39 is 21.8 Å². The van der Waals surface area contributed by atoms with E-state index in [-0.39, 0.29) is 4.90 Å². The zero-order valence-corrected chi connectivity index (χ0v) is 18.2. The van der Waals surface area contributed by atoms with Gasteiger partial charge in [-0.25, -0.2) is 18.5 Å². The van der Waals surface area contributed by atoms with Crippen LogP contribution in [0, 0.1) is 5.82 Å². The molecule has 0 bridgehead atoms. The highest BCUT2D eigenvalue weighted by atomic mass is 32.2. The standard InChI is InChI=1S/C22H27FN4O2S/c1-27(2)13-14-9-10-20(19(23)11-14)30(24,29)26-22(28)25-21-17-7-3-5-15(17)12-16-6-4-8-18(16)21/h9-12H,3-8,13H2,1-2H3,(H3,24,25,26,28,29)/t30-/m0/s1. The van der Waals surface area contributed by atoms with Crippen molar-refractivity contribution in [2.45, 2.75) is 50.0 Å². The van der Waals surface area contributed by atoms with Crippen LogP contribution in [0.3, 0.4) is 0 Å². The van der Waals surface area contributed by atoms with Crippen LogP contribution in [0.5, 0.6) is 0 Å². The van der Waals surface area contributed by atoms with E-state index in [1.165, 1.54) is 23.3 Å². The van der Waals surface area contributed by atoms with Gasteiger partial charge in [0.05, 0.1) is 4.90 Å². The number of benzene rings is 2. The second-order valence-electron chi connectivity index (χ2n) is 8.33. The molecule has 6 nitrogen and oxygen atoms in total. The van der Waals surface area contributed by atoms with Crippen molar-refractivity contribution in [2.75, 3.05) is 19.4 Å². The van der Waals surface area contributed by atoms with Gasteiger partial charge in [0.15, 0.2) is 0 Å². The molecule has 2 amide bonds. The highest BCUT2D eigenvalue weighted by molar-refractivity contribution is 7.91. The quantitative estimate of drug-likeness (QED) is 0.773. The number of nitrogens with one attached hydrogen (secondary N) is 1. The van der Waals surface area contributed by atoms with Crippen LogP contribution in [0.25, 0.3) is 0 Å². The number of carbonyl (C=O) groups excluding carboxylic acids is 1. The second kappa shape index (κ2) is 8.09. The number of urea groups is 1. The smallest absolute Gasteiger partial charge is 0.305 e. The number of hydrogen-bond donors (Lipinski definition) is 2. The summed E-state index contributed by atoms with van der Waals surface area (Å²) in [6.45, 7) is 0.533. The lowest BCUT2D eigenvalue weighted by Crippen LogP contribution is -2.20. The fourth-order valence-electron chi connectivity index (χ4n) is 4.51. The van der Waals surface area contributed by atoms with Crippen LogP contribution in [0.2, 0.25) is 0 Å². The first-order valence-electron chi connectivity index (χ1n) is 10.2. The Hall–Kier alpha value is -2.29. The summed E-state index contributed by atoms with van der Waals surface area (Å²) in [4.78, 5) is 14.3. The Morgan fingerprint density at radius 1 is 1.13 bits per heavy atom. The van der Waals surface area contributed by atoms with Crippen LogP contribution in [0.1, 0.15) is 40.7 Å². The van der Waals surface area contributed by atoms with Crippen LogP contribution in [0.4, 0.5) is 14.9 Å². The maximum Gasteiger partial charge on any atom is 0.354 e. The van der Waals surface area contributed by atoms with Crippen LogP contribution < -0.4 is 10.5 Å². The number of fused-ring (bicyclic) bond motifs is 2. The molecule has 3 N–H and O–H groups in total. The SMILES string of the molecule is CN(C)Cc1ccc([S@@](N)(=O)=NC(=O)Nc2c3c(cc4c2CCC4)CCC3)c(F)c1. The largest absolute Gasteiger partial charge is 0.354 e. The summed E-state index contributed by atoms with van der Waals surface area (Å²) in [5.41, 5.74) is 6.33. The zero-order valence-electron chi connectivity index (χ0n) is 17.3. The van der Waals surface area contributed by atoms with Gasteiger partial charge in [-0.2, -0.15) is 0 Å². The second-order valence-corrected chi connectivity index (χ2v) is 10.1. The zero-order chi connectivity index (χ0) is 21.5. The summed E-state index contributed by atoms with van der Waals surface area (Å²) < 4.78 is 31.2. The Morgan fingerprint density at radius 2 is 1.77 bits per heavy atom. The minimum atomic E-state index is -3.71. The average Bonchev–Trinajstić information content (AvgIpc) is 3.29. The molecule has 0 saturated carbocycles. The predicted octanol–water partition coefficient (Wildman–Crippen LogP) is 3.80. The number of anilines is 1. The van der Waals surface area contributed by atoms with Crippen molar-refractivity contribution in [1.82, 2.24) is 4.90 Å². The number of halogens is 1. The van der Waals surface area contributed by atoms with E-state index in [4.69, 9.17) is 5.14 Å². The van der Waals surface area contributed by atoms with E-state index in [0.717, 1.165) is 60.9 Å². The van der Waals surface area contributed by atoms with Gasteiger partial charge in [0, 0.05) is 12.2 Å². The lowest BCUT2D eigenvalue weighted by atomic mass is 9.99. The molecule has 0 spiro atoms. The summed E-state index contributed by atoms with van der Waals surface area (Å²) in [5, 5.41) is 8.65. The first kappa shape index (κ1) is 21.0. The Bertz CT molecular complexity index is 1100. The van der Waals surface area contributed by atoms with Crippen molar-refractivity contribution >= 4 is 21.6 Å². The molecule has 0 fully saturated rings. The molecule has 0 radical (unpaired) electrons. The molecule has 2 aromatic carbocycles. The third kappa shape index (κ3) is 4.12. The summed E-state index contributed by atoms with van der Waals surface area (Å²) in [5.74, 6) is -0.722. The highest BCUT2D eigenvalue weighted by Gasteiger charge is 2.25. The first-order chi connectivity index (χ1) is 14.2. The van der Waals surface area contributed by atoms with Crippen LogP contribution in [0.15, 0.2) is 33.5 Å². The number of amides is 2. The van der Waals surface area contributed by atoms with Gasteiger partial charge in [0.25, 0.3) is 0 Å². The average molecular weight is 431 g/mol. The number of carbonyl (C=O) groups is 1. The minimum Gasteiger partial charge on any atom is -0.305 e. The summed E-state index contributed by atoms with van der Waals surface area (Å²) >= 11 is 0. The molecule has 0 aliphatic heterocycles. The molecule has 0 aromatic heterocycles. The molecule has 2 aliphatic rings.